The van der Waals surface area contributed by atoms with Gasteiger partial charge in [0.05, 0.1) is 5.11 Å². The van der Waals surface area contributed by atoms with Crippen molar-refractivity contribution < 1.29 is 29.2 Å². The largest absolute Gasteiger partial charge is 0.734 e. The third-order valence-corrected chi connectivity index (χ3v) is 2.42. The van der Waals surface area contributed by atoms with Gasteiger partial charge in [0.15, 0.2) is 14.8 Å². The summed E-state index contributed by atoms with van der Waals surface area (Å²) in [6, 6.07) is 6.98. The van der Waals surface area contributed by atoms with Gasteiger partial charge in [0.25, 0.3) is 0 Å². The van der Waals surface area contributed by atoms with Crippen LogP contribution in [0.15, 0.2) is 35.4 Å². The summed E-state index contributed by atoms with van der Waals surface area (Å²) in [5.74, 6) is -3.98. The van der Waals surface area contributed by atoms with Crippen LogP contribution in [-0.4, -0.2) is 38.1 Å². The number of carbonyl (C=O) groups is 1. The van der Waals surface area contributed by atoms with Crippen molar-refractivity contribution in [1.29, 1.82) is 0 Å². The van der Waals surface area contributed by atoms with E-state index in [1.54, 1.807) is 6.07 Å². The average Bonchev–Trinajstić information content (AvgIpc) is 2.47. The van der Waals surface area contributed by atoms with Crippen LogP contribution in [0.1, 0.15) is 0 Å². The number of carbonyl (C=O) groups excluding carboxylic acids is 1. The minimum absolute atomic E-state index is 0.103. The van der Waals surface area contributed by atoms with Crippen LogP contribution in [0, 0.1) is 35.6 Å². The highest BCUT2D eigenvalue weighted by molar-refractivity contribution is 5.66. The van der Waals surface area contributed by atoms with Gasteiger partial charge >= 0.3 is 18.5 Å². The Bertz CT molecular complexity index is 637. The van der Waals surface area contributed by atoms with Crippen molar-refractivity contribution in [3.63, 3.8) is 0 Å². The minimum atomic E-state index is -3.98. The van der Waals surface area contributed by atoms with Crippen molar-refractivity contribution in [2.75, 3.05) is 6.61 Å². The number of benzene rings is 1. The first-order chi connectivity index (χ1) is 10.7. The standard InChI is InChI=1S/C9H7N5O9/c15-8(10-11(16)7-4-2-1-3-5-7)23-6-9(12(17)18,13(19)20)14(21)22/h1-5H,6H2. The first-order valence-corrected chi connectivity index (χ1v) is 5.56. The molecule has 0 heterocycles. The minimum Gasteiger partial charge on any atom is -0.594 e. The zero-order valence-corrected chi connectivity index (χ0v) is 11.0. The van der Waals surface area contributed by atoms with Crippen LogP contribution in [-0.2, 0) is 4.74 Å². The average molecular weight is 329 g/mol. The Labute approximate surface area is 125 Å². The number of amides is 1. The molecule has 14 heteroatoms. The van der Waals surface area contributed by atoms with E-state index in [9.17, 15) is 40.3 Å². The summed E-state index contributed by atoms with van der Waals surface area (Å²) in [5, 5.41) is 46.0. The number of rotatable bonds is 6. The van der Waals surface area contributed by atoms with Gasteiger partial charge in [-0.3, -0.25) is 30.3 Å². The van der Waals surface area contributed by atoms with E-state index >= 15 is 0 Å². The third kappa shape index (κ3) is 3.69. The molecule has 0 N–H and O–H groups in total. The predicted molar refractivity (Wildman–Crippen MR) is 67.2 cm³/mol. The number of hydrogen-bond acceptors (Lipinski definition) is 9. The molecule has 0 atom stereocenters. The van der Waals surface area contributed by atoms with Gasteiger partial charge < -0.3 is 9.94 Å². The van der Waals surface area contributed by atoms with E-state index < -0.39 is 33.3 Å². The van der Waals surface area contributed by atoms with E-state index in [-0.39, 0.29) is 10.5 Å². The molecule has 1 amide bonds. The Hall–Kier alpha value is -3.71. The van der Waals surface area contributed by atoms with E-state index in [0.29, 0.717) is 0 Å². The zero-order valence-electron chi connectivity index (χ0n) is 11.0. The molecule has 0 saturated carbocycles. The van der Waals surface area contributed by atoms with Crippen molar-refractivity contribution in [3.8, 4) is 0 Å². The monoisotopic (exact) mass is 329 g/mol. The number of hydrogen-bond donors (Lipinski definition) is 0. The second-order valence-corrected chi connectivity index (χ2v) is 3.81. The topological polar surface area (TPSA) is 194 Å². The molecule has 0 aliphatic heterocycles. The number of nitro groups is 3. The maximum atomic E-state index is 11.4. The quantitative estimate of drug-likeness (QED) is 0.239. The van der Waals surface area contributed by atoms with Crippen molar-refractivity contribution in [3.05, 3.63) is 65.9 Å². The summed E-state index contributed by atoms with van der Waals surface area (Å²) in [7, 11) is 0. The van der Waals surface area contributed by atoms with Crippen LogP contribution in [0.25, 0.3) is 0 Å². The Morgan fingerprint density at radius 2 is 1.48 bits per heavy atom. The Balaban J connectivity index is 2.91. The molecule has 0 bridgehead atoms. The van der Waals surface area contributed by atoms with E-state index in [1.165, 1.54) is 24.3 Å². The molecular formula is C9H7N5O9. The Morgan fingerprint density at radius 3 is 1.91 bits per heavy atom. The van der Waals surface area contributed by atoms with Crippen molar-refractivity contribution in [2.24, 2.45) is 5.11 Å². The first-order valence-electron chi connectivity index (χ1n) is 5.56. The smallest absolute Gasteiger partial charge is 0.594 e. The Kier molecular flexibility index (Phi) is 5.15. The summed E-state index contributed by atoms with van der Waals surface area (Å²) in [6.07, 6.45) is -1.77. The van der Waals surface area contributed by atoms with Crippen LogP contribution in [0.3, 0.4) is 0 Å². The van der Waals surface area contributed by atoms with E-state index in [4.69, 9.17) is 0 Å². The normalized spacial score (nSPS) is 11.6. The zero-order chi connectivity index (χ0) is 17.6. The molecule has 0 aromatic heterocycles. The molecular weight excluding hydrogens is 322 g/mol. The van der Waals surface area contributed by atoms with Gasteiger partial charge in [-0.05, 0) is 4.86 Å². The predicted octanol–water partition coefficient (Wildman–Crippen LogP) is 0.901. The lowest BCUT2D eigenvalue weighted by molar-refractivity contribution is -0.970. The van der Waals surface area contributed by atoms with Crippen molar-refractivity contribution >= 4 is 11.8 Å². The van der Waals surface area contributed by atoms with Crippen molar-refractivity contribution in [1.82, 2.24) is 0 Å². The number of ether oxygens (including phenoxy) is 1. The summed E-state index contributed by atoms with van der Waals surface area (Å²) in [6.45, 7) is -1.84. The lowest BCUT2D eigenvalue weighted by Gasteiger charge is -2.07. The van der Waals surface area contributed by atoms with Gasteiger partial charge in [-0.1, -0.05) is 18.2 Å². The van der Waals surface area contributed by atoms with Crippen molar-refractivity contribution in [2.45, 2.75) is 5.79 Å². The molecule has 14 nitrogen and oxygen atoms in total. The maximum Gasteiger partial charge on any atom is 0.734 e. The highest BCUT2D eigenvalue weighted by atomic mass is 16.7. The van der Waals surface area contributed by atoms with Gasteiger partial charge in [0, 0.05) is 12.1 Å². The summed E-state index contributed by atoms with van der Waals surface area (Å²) in [4.78, 5) is 37.3. The molecule has 0 fully saturated rings. The number of para-hydroxylation sites is 1. The van der Waals surface area contributed by atoms with E-state index in [1.807, 2.05) is 0 Å². The number of azo groups is 1. The SMILES string of the molecule is O=C(N=[N+]([O-])c1ccccc1)OCC([N+](=O)[O-])([N+](=O)[O-])[N+](=O)[O-]. The summed E-state index contributed by atoms with van der Waals surface area (Å²) >= 11 is 0. The van der Waals surface area contributed by atoms with Gasteiger partial charge in [0.2, 0.25) is 5.69 Å². The van der Waals surface area contributed by atoms with E-state index in [0.717, 1.165) is 0 Å². The highest BCUT2D eigenvalue weighted by Crippen LogP contribution is 2.14. The first kappa shape index (κ1) is 17.3. The molecule has 122 valence electrons. The summed E-state index contributed by atoms with van der Waals surface area (Å²) < 4.78 is 4.01. The fourth-order valence-corrected chi connectivity index (χ4v) is 1.23. The van der Waals surface area contributed by atoms with Crippen LogP contribution >= 0.6 is 0 Å². The van der Waals surface area contributed by atoms with Crippen LogP contribution in [0.2, 0.25) is 0 Å². The molecule has 0 spiro atoms. The molecule has 0 saturated heterocycles. The summed E-state index contributed by atoms with van der Waals surface area (Å²) in [5.41, 5.74) is -0.103. The number of nitrogens with zero attached hydrogens (tertiary/aromatic N) is 5. The molecule has 0 aliphatic rings. The Morgan fingerprint density at radius 1 is 1.00 bits per heavy atom. The maximum absolute atomic E-state index is 11.4. The lowest BCUT2D eigenvalue weighted by Crippen LogP contribution is -2.57. The molecule has 1 aromatic rings. The van der Waals surface area contributed by atoms with Crippen LogP contribution in [0.4, 0.5) is 10.5 Å². The fourth-order valence-electron chi connectivity index (χ4n) is 1.23. The lowest BCUT2D eigenvalue weighted by atomic mass is 10.3. The molecule has 0 aliphatic carbocycles. The molecule has 0 radical (unpaired) electrons. The van der Waals surface area contributed by atoms with Crippen LogP contribution < -0.4 is 0 Å². The fraction of sp³-hybridized carbons (Fsp3) is 0.222. The molecule has 1 rings (SSSR count). The van der Waals surface area contributed by atoms with Crippen LogP contribution in [0.5, 0.6) is 0 Å². The second-order valence-electron chi connectivity index (χ2n) is 3.81. The second kappa shape index (κ2) is 6.83. The van der Waals surface area contributed by atoms with Gasteiger partial charge in [-0.25, -0.2) is 4.79 Å². The van der Waals surface area contributed by atoms with E-state index in [2.05, 4.69) is 9.85 Å². The van der Waals surface area contributed by atoms with Gasteiger partial charge in [-0.15, -0.1) is 0 Å². The molecule has 1 aromatic carbocycles. The van der Waals surface area contributed by atoms with Gasteiger partial charge in [0.1, 0.15) is 0 Å². The van der Waals surface area contributed by atoms with Gasteiger partial charge in [-0.2, -0.15) is 0 Å². The third-order valence-electron chi connectivity index (χ3n) is 2.42. The highest BCUT2D eigenvalue weighted by Gasteiger charge is 2.72. The molecule has 23 heavy (non-hydrogen) atoms. The molecule has 0 unspecified atom stereocenters.